The van der Waals surface area contributed by atoms with Crippen molar-refractivity contribution in [3.63, 3.8) is 0 Å². The molecule has 1 aliphatic carbocycles. The second-order valence-electron chi connectivity index (χ2n) is 8.03. The number of anilines is 1. The Morgan fingerprint density at radius 1 is 1.08 bits per heavy atom. The Kier molecular flexibility index (Phi) is 5.29. The van der Waals surface area contributed by atoms with Crippen LogP contribution in [0.25, 0.3) is 0 Å². The number of nitrogens with zero attached hydrogens (tertiary/aromatic N) is 1. The fourth-order valence-electron chi connectivity index (χ4n) is 4.75. The first-order valence-electron chi connectivity index (χ1n) is 9.58. The number of hydrogen-bond acceptors (Lipinski definition) is 2. The smallest absolute Gasteiger partial charge is 0.241 e. The molecule has 3 nitrogen and oxygen atoms in total. The topological polar surface area (TPSA) is 32.3 Å². The highest BCUT2D eigenvalue weighted by atomic mass is 16.2. The van der Waals surface area contributed by atoms with Crippen LogP contribution in [0.1, 0.15) is 55.7 Å². The largest absolute Gasteiger partial charge is 0.324 e. The molecule has 0 unspecified atom stereocenters. The molecular weight excluding hydrogens is 296 g/mol. The van der Waals surface area contributed by atoms with Crippen LogP contribution in [0.15, 0.2) is 12.1 Å². The van der Waals surface area contributed by atoms with E-state index in [4.69, 9.17) is 0 Å². The highest BCUT2D eigenvalue weighted by molar-refractivity contribution is 5.96. The molecule has 0 spiro atoms. The molecule has 0 bridgehead atoms. The molecule has 132 valence electrons. The van der Waals surface area contributed by atoms with Crippen LogP contribution in [0.5, 0.6) is 0 Å². The quantitative estimate of drug-likeness (QED) is 0.889. The molecule has 0 aromatic heterocycles. The van der Waals surface area contributed by atoms with Crippen molar-refractivity contribution in [3.8, 4) is 0 Å². The summed E-state index contributed by atoms with van der Waals surface area (Å²) in [7, 11) is 0. The molecular formula is C21H32N2O. The lowest BCUT2D eigenvalue weighted by atomic mass is 9.75. The Morgan fingerprint density at radius 3 is 2.38 bits per heavy atom. The van der Waals surface area contributed by atoms with Crippen molar-refractivity contribution in [3.05, 3.63) is 28.8 Å². The number of amides is 1. The van der Waals surface area contributed by atoms with Gasteiger partial charge in [-0.05, 0) is 70.0 Å². The van der Waals surface area contributed by atoms with Gasteiger partial charge in [-0.3, -0.25) is 9.69 Å². The second kappa shape index (κ2) is 7.26. The molecule has 1 aliphatic heterocycles. The molecule has 1 N–H and O–H groups in total. The van der Waals surface area contributed by atoms with Crippen LogP contribution in [0.2, 0.25) is 0 Å². The lowest BCUT2D eigenvalue weighted by Crippen LogP contribution is -2.50. The summed E-state index contributed by atoms with van der Waals surface area (Å²) >= 11 is 0. The van der Waals surface area contributed by atoms with E-state index in [1.54, 1.807) is 0 Å². The van der Waals surface area contributed by atoms with Crippen molar-refractivity contribution in [2.24, 2.45) is 11.8 Å². The van der Waals surface area contributed by atoms with Crippen molar-refractivity contribution >= 4 is 11.6 Å². The number of nitrogens with one attached hydrogen (secondary N) is 1. The van der Waals surface area contributed by atoms with Gasteiger partial charge in [0.25, 0.3) is 0 Å². The van der Waals surface area contributed by atoms with Gasteiger partial charge in [0, 0.05) is 12.2 Å². The number of benzene rings is 1. The number of fused-ring (bicyclic) bond motifs is 1. The van der Waals surface area contributed by atoms with Crippen LogP contribution in [-0.2, 0) is 4.79 Å². The molecule has 1 aromatic carbocycles. The Labute approximate surface area is 146 Å². The van der Waals surface area contributed by atoms with Gasteiger partial charge < -0.3 is 5.32 Å². The van der Waals surface area contributed by atoms with Crippen molar-refractivity contribution in [1.82, 2.24) is 4.90 Å². The normalized spacial score (nSPS) is 25.8. The monoisotopic (exact) mass is 328 g/mol. The summed E-state index contributed by atoms with van der Waals surface area (Å²) in [6.07, 6.45) is 6.80. The maximum Gasteiger partial charge on any atom is 0.241 e. The third kappa shape index (κ3) is 3.66. The molecule has 1 aromatic rings. The van der Waals surface area contributed by atoms with E-state index < -0.39 is 0 Å². The average molecular weight is 329 g/mol. The van der Waals surface area contributed by atoms with Crippen LogP contribution < -0.4 is 5.32 Å². The number of carbonyl (C=O) groups is 1. The Balaban J connectivity index is 1.65. The first kappa shape index (κ1) is 17.5. The molecule has 1 saturated heterocycles. The van der Waals surface area contributed by atoms with Crippen molar-refractivity contribution in [2.75, 3.05) is 18.4 Å². The van der Waals surface area contributed by atoms with E-state index in [1.807, 2.05) is 0 Å². The zero-order valence-electron chi connectivity index (χ0n) is 15.7. The summed E-state index contributed by atoms with van der Waals surface area (Å²) in [6, 6.07) is 4.23. The first-order chi connectivity index (χ1) is 11.5. The van der Waals surface area contributed by atoms with Gasteiger partial charge in [0.15, 0.2) is 0 Å². The Bertz CT molecular complexity index is 587. The number of carbonyl (C=O) groups excluding carboxylic acids is 1. The maximum absolute atomic E-state index is 12.8. The van der Waals surface area contributed by atoms with Crippen molar-refractivity contribution < 1.29 is 4.79 Å². The van der Waals surface area contributed by atoms with E-state index in [0.29, 0.717) is 0 Å². The number of likely N-dealkylation sites (tertiary alicyclic amines) is 1. The summed E-state index contributed by atoms with van der Waals surface area (Å²) in [5.74, 6) is 1.86. The van der Waals surface area contributed by atoms with Crippen molar-refractivity contribution in [1.29, 1.82) is 0 Å². The van der Waals surface area contributed by atoms with Crippen LogP contribution in [0, 0.1) is 32.6 Å². The lowest BCUT2D eigenvalue weighted by molar-refractivity contribution is -0.122. The van der Waals surface area contributed by atoms with Gasteiger partial charge in [0.1, 0.15) is 0 Å². The van der Waals surface area contributed by atoms with Gasteiger partial charge in [0.2, 0.25) is 5.91 Å². The molecule has 3 atom stereocenters. The molecule has 1 amide bonds. The molecule has 3 heteroatoms. The van der Waals surface area contributed by atoms with E-state index in [9.17, 15) is 4.79 Å². The SMILES string of the molecule is Cc1cc(C)c(NC(=O)[C@@H](C)N2CC[C@@H]3CCCC[C@@H]3C2)c(C)c1. The van der Waals surface area contributed by atoms with E-state index in [1.165, 1.54) is 37.7 Å². The number of aryl methyl sites for hydroxylation is 3. The van der Waals surface area contributed by atoms with Gasteiger partial charge in [-0.2, -0.15) is 0 Å². The van der Waals surface area contributed by atoms with Gasteiger partial charge in [-0.15, -0.1) is 0 Å². The average Bonchev–Trinajstić information content (AvgIpc) is 2.56. The minimum Gasteiger partial charge on any atom is -0.324 e. The summed E-state index contributed by atoms with van der Waals surface area (Å²) in [5.41, 5.74) is 4.54. The molecule has 1 heterocycles. The number of hydrogen-bond donors (Lipinski definition) is 1. The minimum absolute atomic E-state index is 0.0482. The zero-order chi connectivity index (χ0) is 17.3. The predicted molar refractivity (Wildman–Crippen MR) is 100 cm³/mol. The highest BCUT2D eigenvalue weighted by Gasteiger charge is 2.34. The maximum atomic E-state index is 12.8. The number of piperidine rings is 1. The van der Waals surface area contributed by atoms with E-state index in [-0.39, 0.29) is 11.9 Å². The lowest BCUT2D eigenvalue weighted by Gasteiger charge is -2.43. The molecule has 3 rings (SSSR count). The van der Waals surface area contributed by atoms with Crippen LogP contribution in [0.3, 0.4) is 0 Å². The molecule has 2 fully saturated rings. The predicted octanol–water partition coefficient (Wildman–Crippen LogP) is 4.45. The van der Waals surface area contributed by atoms with Gasteiger partial charge in [0.05, 0.1) is 6.04 Å². The van der Waals surface area contributed by atoms with Crippen LogP contribution in [0.4, 0.5) is 5.69 Å². The zero-order valence-corrected chi connectivity index (χ0v) is 15.7. The van der Waals surface area contributed by atoms with E-state index >= 15 is 0 Å². The fraction of sp³-hybridized carbons (Fsp3) is 0.667. The van der Waals surface area contributed by atoms with Crippen LogP contribution >= 0.6 is 0 Å². The van der Waals surface area contributed by atoms with Gasteiger partial charge in [-0.25, -0.2) is 0 Å². The summed E-state index contributed by atoms with van der Waals surface area (Å²) < 4.78 is 0. The summed E-state index contributed by atoms with van der Waals surface area (Å²) in [4.78, 5) is 15.2. The Hall–Kier alpha value is -1.35. The van der Waals surface area contributed by atoms with Crippen LogP contribution in [-0.4, -0.2) is 29.9 Å². The summed E-state index contributed by atoms with van der Waals surface area (Å²) in [5, 5.41) is 3.19. The third-order valence-electron chi connectivity index (χ3n) is 6.18. The Morgan fingerprint density at radius 2 is 1.71 bits per heavy atom. The number of rotatable bonds is 3. The molecule has 2 aliphatic rings. The molecule has 1 saturated carbocycles. The fourth-order valence-corrected chi connectivity index (χ4v) is 4.75. The van der Waals surface area contributed by atoms with Crippen molar-refractivity contribution in [2.45, 2.75) is 65.8 Å². The van der Waals surface area contributed by atoms with E-state index in [2.05, 4.69) is 50.0 Å². The van der Waals surface area contributed by atoms with E-state index in [0.717, 1.165) is 41.7 Å². The highest BCUT2D eigenvalue weighted by Crippen LogP contribution is 2.36. The van der Waals surface area contributed by atoms with Gasteiger partial charge in [-0.1, -0.05) is 37.0 Å². The second-order valence-corrected chi connectivity index (χ2v) is 8.03. The minimum atomic E-state index is -0.0482. The molecule has 24 heavy (non-hydrogen) atoms. The standard InChI is InChI=1S/C21H32N2O/c1-14-11-15(2)20(16(3)12-14)22-21(24)17(4)23-10-9-18-7-5-6-8-19(18)13-23/h11-12,17-19H,5-10,13H2,1-4H3,(H,22,24)/t17-,18+,19-/m1/s1. The third-order valence-corrected chi connectivity index (χ3v) is 6.18. The first-order valence-corrected chi connectivity index (χ1v) is 9.58. The summed E-state index contributed by atoms with van der Waals surface area (Å²) in [6.45, 7) is 10.5. The molecule has 0 radical (unpaired) electrons. The van der Waals surface area contributed by atoms with Gasteiger partial charge >= 0.3 is 0 Å².